The summed E-state index contributed by atoms with van der Waals surface area (Å²) in [5.74, 6) is 5.10. The van der Waals surface area contributed by atoms with Gasteiger partial charge < -0.3 is 0 Å². The summed E-state index contributed by atoms with van der Waals surface area (Å²) >= 11 is 0. The van der Waals surface area contributed by atoms with E-state index in [4.69, 9.17) is 0 Å². The van der Waals surface area contributed by atoms with Crippen LogP contribution in [0.1, 0.15) is 365 Å². The minimum Gasteiger partial charge on any atom is -0.236 e. The third kappa shape index (κ3) is 42.7. The normalized spacial score (nSPS) is 11.4. The van der Waals surface area contributed by atoms with Gasteiger partial charge in [-0.3, -0.25) is 0 Å². The van der Waals surface area contributed by atoms with E-state index in [-0.39, 0.29) is 0 Å². The molecule has 0 radical (unpaired) electrons. The molecule has 6 aromatic rings. The lowest BCUT2D eigenvalue weighted by molar-refractivity contribution is 0.511. The fourth-order valence-electron chi connectivity index (χ4n) is 13.0. The van der Waals surface area contributed by atoms with Gasteiger partial charge in [-0.1, -0.05) is 366 Å². The van der Waals surface area contributed by atoms with Crippen molar-refractivity contribution in [3.63, 3.8) is 0 Å². The van der Waals surface area contributed by atoms with Gasteiger partial charge in [0.15, 0.2) is 17.5 Å². The Bertz CT molecular complexity index is 2660. The molecule has 534 valence electrons. The molecular weight excluding hydrogens is 1170 g/mol. The highest BCUT2D eigenvalue weighted by Gasteiger charge is 2.08. The summed E-state index contributed by atoms with van der Waals surface area (Å²) < 4.78 is 0. The Labute approximate surface area is 592 Å². The maximum Gasteiger partial charge on any atom is 0.159 e. The van der Waals surface area contributed by atoms with E-state index >= 15 is 0 Å². The molecule has 96 heavy (non-hydrogen) atoms. The number of nitrogens with zero attached hydrogens (tertiary/aromatic N) is 6. The van der Waals surface area contributed by atoms with Crippen molar-refractivity contribution >= 4 is 0 Å². The maximum absolute atomic E-state index is 4.64. The van der Waals surface area contributed by atoms with Gasteiger partial charge in [0.25, 0.3) is 0 Å². The van der Waals surface area contributed by atoms with Crippen molar-refractivity contribution in [2.24, 2.45) is 17.8 Å². The van der Waals surface area contributed by atoms with E-state index in [0.717, 1.165) is 71.2 Å². The van der Waals surface area contributed by atoms with Crippen LogP contribution in [0.4, 0.5) is 0 Å². The Balaban J connectivity index is 0.000000306. The number of hydrogen-bond donors (Lipinski definition) is 0. The Kier molecular flexibility index (Phi) is 49.2. The molecule has 6 rings (SSSR count). The number of benzene rings is 3. The number of unbranched alkanes of at least 4 members (excludes halogenated alkanes) is 33. The second-order valence-electron chi connectivity index (χ2n) is 30.1. The smallest absolute Gasteiger partial charge is 0.159 e. The second-order valence-corrected chi connectivity index (χ2v) is 30.1. The summed E-state index contributed by atoms with van der Waals surface area (Å²) in [5.41, 5.74) is 11.5. The van der Waals surface area contributed by atoms with Gasteiger partial charge in [0.05, 0.1) is 0 Å². The van der Waals surface area contributed by atoms with Crippen LogP contribution in [0.25, 0.3) is 34.2 Å². The van der Waals surface area contributed by atoms with E-state index in [1.165, 1.54) is 322 Å². The molecular formula is C90H144N6. The fourth-order valence-corrected chi connectivity index (χ4v) is 13.0. The highest BCUT2D eigenvalue weighted by atomic mass is 14.9. The lowest BCUT2D eigenvalue weighted by Crippen LogP contribution is -1.94. The van der Waals surface area contributed by atoms with Crippen LogP contribution in [0.15, 0.2) is 110 Å². The summed E-state index contributed by atoms with van der Waals surface area (Å²) in [6, 6.07) is 26.7. The Hall–Kier alpha value is -5.10. The van der Waals surface area contributed by atoms with Crippen LogP contribution in [0.2, 0.25) is 0 Å². The first kappa shape index (κ1) is 83.3. The highest BCUT2D eigenvalue weighted by molar-refractivity contribution is 5.57. The number of rotatable bonds is 54. The van der Waals surface area contributed by atoms with Crippen molar-refractivity contribution in [3.8, 4) is 34.2 Å². The lowest BCUT2D eigenvalue weighted by atomic mass is 10.0. The fraction of sp³-hybridized carbons (Fsp3) is 0.667. The summed E-state index contributed by atoms with van der Waals surface area (Å²) in [4.78, 5) is 27.8. The van der Waals surface area contributed by atoms with Crippen molar-refractivity contribution in [1.82, 2.24) is 29.9 Å². The SMILES string of the molecule is CCCCCCCCCCc1cnc(-c2ccc(CCCCCCCC(C)C)cc2)nc1.CCCCCCCCCCc1cnc(-c2ccc(CCCCCCCCC(C)C)cc2)nc1.CCCCCCCCCc1cnc(-c2ccc(CCCCCCCC(C)C)cc2)nc1. The van der Waals surface area contributed by atoms with Crippen LogP contribution in [0.3, 0.4) is 0 Å². The van der Waals surface area contributed by atoms with E-state index in [0.29, 0.717) is 0 Å². The predicted molar refractivity (Wildman–Crippen MR) is 420 cm³/mol. The Morgan fingerprint density at radius 3 is 0.552 bits per heavy atom. The molecule has 0 atom stereocenters. The zero-order valence-corrected chi connectivity index (χ0v) is 63.7. The predicted octanol–water partition coefficient (Wildman–Crippen LogP) is 28.1. The van der Waals surface area contributed by atoms with Crippen molar-refractivity contribution in [2.45, 2.75) is 371 Å². The minimum atomic E-state index is 0.847. The molecule has 0 bridgehead atoms. The molecule has 0 aliphatic carbocycles. The van der Waals surface area contributed by atoms with Crippen LogP contribution in [0, 0.1) is 17.8 Å². The number of hydrogen-bond acceptors (Lipinski definition) is 6. The number of aryl methyl sites for hydroxylation is 6. The molecule has 0 amide bonds. The summed E-state index contributed by atoms with van der Waals surface area (Å²) in [7, 11) is 0. The van der Waals surface area contributed by atoms with Gasteiger partial charge in [-0.15, -0.1) is 0 Å². The summed E-state index contributed by atoms with van der Waals surface area (Å²) in [6.07, 6.45) is 76.2. The van der Waals surface area contributed by atoms with Crippen LogP contribution >= 0.6 is 0 Å². The minimum absolute atomic E-state index is 0.847. The van der Waals surface area contributed by atoms with Gasteiger partial charge in [0, 0.05) is 53.9 Å². The monoisotopic (exact) mass is 1310 g/mol. The molecule has 0 spiro atoms. The van der Waals surface area contributed by atoms with Crippen molar-refractivity contribution in [3.05, 3.63) is 143 Å². The Morgan fingerprint density at radius 2 is 0.365 bits per heavy atom. The van der Waals surface area contributed by atoms with Crippen molar-refractivity contribution in [1.29, 1.82) is 0 Å². The molecule has 0 aliphatic rings. The van der Waals surface area contributed by atoms with Crippen molar-refractivity contribution < 1.29 is 0 Å². The van der Waals surface area contributed by atoms with E-state index in [1.54, 1.807) is 0 Å². The van der Waals surface area contributed by atoms with Gasteiger partial charge in [-0.2, -0.15) is 0 Å². The van der Waals surface area contributed by atoms with Gasteiger partial charge in [-0.05, 0) is 128 Å². The first-order valence-corrected chi connectivity index (χ1v) is 40.8. The molecule has 6 heteroatoms. The first-order chi connectivity index (χ1) is 47.1. The maximum atomic E-state index is 4.64. The molecule has 0 unspecified atom stereocenters. The van der Waals surface area contributed by atoms with Gasteiger partial charge >= 0.3 is 0 Å². The van der Waals surface area contributed by atoms with E-state index in [2.05, 4.69) is 165 Å². The molecule has 3 aromatic heterocycles. The van der Waals surface area contributed by atoms with Crippen LogP contribution in [0.5, 0.6) is 0 Å². The molecule has 0 aliphatic heterocycles. The van der Waals surface area contributed by atoms with Crippen molar-refractivity contribution in [2.75, 3.05) is 0 Å². The van der Waals surface area contributed by atoms with Crippen LogP contribution < -0.4 is 0 Å². The van der Waals surface area contributed by atoms with E-state index in [9.17, 15) is 0 Å². The zero-order chi connectivity index (χ0) is 68.6. The molecule has 0 N–H and O–H groups in total. The topological polar surface area (TPSA) is 77.3 Å². The average Bonchev–Trinajstić information content (AvgIpc) is 1.15. The lowest BCUT2D eigenvalue weighted by Gasteiger charge is -2.06. The Morgan fingerprint density at radius 1 is 0.198 bits per heavy atom. The average molecular weight is 1310 g/mol. The molecule has 3 aromatic carbocycles. The highest BCUT2D eigenvalue weighted by Crippen LogP contribution is 2.24. The second kappa shape index (κ2) is 56.7. The molecule has 0 fully saturated rings. The van der Waals surface area contributed by atoms with E-state index in [1.807, 2.05) is 37.2 Å². The largest absolute Gasteiger partial charge is 0.236 e. The van der Waals surface area contributed by atoms with Gasteiger partial charge in [0.2, 0.25) is 0 Å². The van der Waals surface area contributed by atoms with Crippen LogP contribution in [-0.4, -0.2) is 29.9 Å². The molecule has 6 nitrogen and oxygen atoms in total. The number of aromatic nitrogens is 6. The van der Waals surface area contributed by atoms with Crippen LogP contribution in [-0.2, 0) is 38.5 Å². The van der Waals surface area contributed by atoms with Gasteiger partial charge in [0.1, 0.15) is 0 Å². The third-order valence-corrected chi connectivity index (χ3v) is 19.5. The standard InChI is InChI=1S/C31H50N2.C30H48N2.C29H46N2/c1-4-5-6-7-8-9-14-17-20-29-25-32-31(33-26-29)30-23-21-28(22-24-30)19-16-13-11-10-12-15-18-27(2)3;1-4-5-6-7-8-9-12-16-19-28-24-31-30(32-25-28)29-22-20-27(21-23-29)18-15-13-10-11-14-17-26(2)3;1-4-5-6-7-8-11-15-18-27-23-30-29(31-24-27)28-21-19-26(20-22-28)17-14-12-9-10-13-16-25(2)3/h21-27H,4-20H2,1-3H3;20-26H,4-19H2,1-3H3;19-25H,4-18H2,1-3H3. The first-order valence-electron chi connectivity index (χ1n) is 40.8. The third-order valence-electron chi connectivity index (χ3n) is 19.5. The zero-order valence-electron chi connectivity index (χ0n) is 63.7. The van der Waals surface area contributed by atoms with E-state index < -0.39 is 0 Å². The van der Waals surface area contributed by atoms with Gasteiger partial charge in [-0.25, -0.2) is 29.9 Å². The quantitative estimate of drug-likeness (QED) is 0.0354. The molecule has 0 saturated carbocycles. The summed E-state index contributed by atoms with van der Waals surface area (Å²) in [5, 5.41) is 0. The molecule has 0 saturated heterocycles. The molecule has 3 heterocycles. The summed E-state index contributed by atoms with van der Waals surface area (Å²) in [6.45, 7) is 20.8.